The topological polar surface area (TPSA) is 133 Å². The largest absolute Gasteiger partial charge is 0.455 e. The number of nitro groups is 2. The van der Waals surface area contributed by atoms with Crippen LogP contribution < -0.4 is 0 Å². The van der Waals surface area contributed by atoms with Crippen molar-refractivity contribution in [3.8, 4) is 0 Å². The maximum atomic E-state index is 12.7. The van der Waals surface area contributed by atoms with Gasteiger partial charge in [-0.15, -0.1) is 0 Å². The number of esters is 1. The van der Waals surface area contributed by atoms with E-state index in [4.69, 9.17) is 4.74 Å². The van der Waals surface area contributed by atoms with E-state index >= 15 is 0 Å². The number of hydrogen-bond donors (Lipinski definition) is 0. The summed E-state index contributed by atoms with van der Waals surface area (Å²) in [4.78, 5) is 47.1. The number of amides is 1. The molecule has 1 amide bonds. The fourth-order valence-corrected chi connectivity index (χ4v) is 5.17. The fraction of sp³-hybridized carbons (Fsp3) is 0.600. The molecule has 2 atom stereocenters. The molecule has 1 aliphatic heterocycles. The summed E-state index contributed by atoms with van der Waals surface area (Å²) < 4.78 is 5.08. The zero-order chi connectivity index (χ0) is 22.3. The van der Waals surface area contributed by atoms with Gasteiger partial charge in [-0.05, 0) is 36.2 Å². The van der Waals surface area contributed by atoms with Crippen LogP contribution in [-0.2, 0) is 20.7 Å². The van der Waals surface area contributed by atoms with Crippen LogP contribution in [0.1, 0.15) is 45.6 Å². The molecule has 162 valence electrons. The lowest BCUT2D eigenvalue weighted by Gasteiger charge is -2.39. The van der Waals surface area contributed by atoms with E-state index in [0.717, 1.165) is 37.5 Å². The maximum absolute atomic E-state index is 12.7. The molecule has 1 saturated heterocycles. The average molecular weight is 419 g/mol. The SMILES string of the molecule is CC1(C)CC2CC(C)(CN2C(=O)COC(=O)Cc2ccc([N+](=O)[O-])cc2[N+](=O)[O-])C1. The Balaban J connectivity index is 1.61. The summed E-state index contributed by atoms with van der Waals surface area (Å²) in [6, 6.07) is 3.18. The zero-order valence-corrected chi connectivity index (χ0v) is 17.3. The summed E-state index contributed by atoms with van der Waals surface area (Å²) in [6.45, 7) is 6.77. The van der Waals surface area contributed by atoms with Gasteiger partial charge in [-0.2, -0.15) is 0 Å². The monoisotopic (exact) mass is 419 g/mol. The number of likely N-dealkylation sites (tertiary alicyclic amines) is 1. The molecule has 2 bridgehead atoms. The predicted molar refractivity (Wildman–Crippen MR) is 106 cm³/mol. The van der Waals surface area contributed by atoms with Crippen LogP contribution in [0, 0.1) is 31.1 Å². The number of rotatable bonds is 6. The molecule has 0 spiro atoms. The predicted octanol–water partition coefficient (Wildman–Crippen LogP) is 3.02. The Bertz CT molecular complexity index is 914. The molecule has 1 saturated carbocycles. The molecular weight excluding hydrogens is 394 g/mol. The summed E-state index contributed by atoms with van der Waals surface area (Å²) in [5.74, 6) is -1.07. The Kier molecular flexibility index (Phi) is 5.53. The minimum absolute atomic E-state index is 0.00524. The van der Waals surface area contributed by atoms with Crippen LogP contribution >= 0.6 is 0 Å². The van der Waals surface area contributed by atoms with Crippen molar-refractivity contribution in [3.63, 3.8) is 0 Å². The molecule has 10 nitrogen and oxygen atoms in total. The number of carbonyl (C=O) groups is 2. The lowest BCUT2D eigenvalue weighted by molar-refractivity contribution is -0.394. The number of hydrogen-bond acceptors (Lipinski definition) is 7. The van der Waals surface area contributed by atoms with E-state index in [0.29, 0.717) is 6.54 Å². The molecule has 1 aromatic rings. The van der Waals surface area contributed by atoms with Crippen LogP contribution in [0.3, 0.4) is 0 Å². The van der Waals surface area contributed by atoms with Crippen LogP contribution in [0.4, 0.5) is 11.4 Å². The normalized spacial score (nSPS) is 24.4. The van der Waals surface area contributed by atoms with Crippen LogP contribution in [0.25, 0.3) is 0 Å². The van der Waals surface area contributed by atoms with Gasteiger partial charge in [-0.25, -0.2) is 0 Å². The Morgan fingerprint density at radius 1 is 1.17 bits per heavy atom. The number of non-ortho nitro benzene ring substituents is 1. The van der Waals surface area contributed by atoms with Crippen molar-refractivity contribution in [3.05, 3.63) is 44.0 Å². The minimum Gasteiger partial charge on any atom is -0.455 e. The average Bonchev–Trinajstić information content (AvgIpc) is 2.88. The minimum atomic E-state index is -0.797. The second-order valence-electron chi connectivity index (χ2n) is 9.40. The molecule has 1 aliphatic carbocycles. The van der Waals surface area contributed by atoms with E-state index in [1.54, 1.807) is 4.90 Å². The van der Waals surface area contributed by atoms with Crippen molar-refractivity contribution in [2.24, 2.45) is 10.8 Å². The Morgan fingerprint density at radius 3 is 2.50 bits per heavy atom. The Hall–Kier alpha value is -3.04. The molecule has 2 fully saturated rings. The molecule has 30 heavy (non-hydrogen) atoms. The van der Waals surface area contributed by atoms with E-state index in [1.165, 1.54) is 0 Å². The first-order valence-electron chi connectivity index (χ1n) is 9.76. The highest BCUT2D eigenvalue weighted by Crippen LogP contribution is 2.52. The third-order valence-corrected chi connectivity index (χ3v) is 5.90. The Morgan fingerprint density at radius 2 is 1.87 bits per heavy atom. The molecule has 10 heteroatoms. The van der Waals surface area contributed by atoms with Crippen LogP contribution in [0.5, 0.6) is 0 Å². The van der Waals surface area contributed by atoms with E-state index < -0.39 is 40.2 Å². The molecular formula is C20H25N3O7. The number of benzene rings is 1. The van der Waals surface area contributed by atoms with Gasteiger partial charge < -0.3 is 9.64 Å². The van der Waals surface area contributed by atoms with Gasteiger partial charge in [0.15, 0.2) is 6.61 Å². The lowest BCUT2D eigenvalue weighted by atomic mass is 9.65. The molecule has 3 rings (SSSR count). The standard InChI is InChI=1S/C20H25N3O7/c1-19(2)8-15-9-20(3,11-19)12-21(15)17(24)10-30-18(25)6-13-4-5-14(22(26)27)7-16(13)23(28)29/h4-5,7,15H,6,8-12H2,1-3H3. The van der Waals surface area contributed by atoms with Gasteiger partial charge in [0, 0.05) is 24.2 Å². The highest BCUT2D eigenvalue weighted by Gasteiger charge is 2.50. The molecule has 0 aromatic heterocycles. The van der Waals surface area contributed by atoms with Crippen molar-refractivity contribution >= 4 is 23.3 Å². The second-order valence-corrected chi connectivity index (χ2v) is 9.40. The first kappa shape index (κ1) is 21.7. The molecule has 2 aliphatic rings. The quantitative estimate of drug-likeness (QED) is 0.393. The fourth-order valence-electron chi connectivity index (χ4n) is 5.17. The number of ether oxygens (including phenoxy) is 1. The van der Waals surface area contributed by atoms with Gasteiger partial charge in [-0.1, -0.05) is 20.8 Å². The summed E-state index contributed by atoms with van der Waals surface area (Å²) in [5.41, 5.74) is -0.764. The van der Waals surface area contributed by atoms with Crippen LogP contribution in [0.15, 0.2) is 18.2 Å². The number of fused-ring (bicyclic) bond motifs is 2. The van der Waals surface area contributed by atoms with Gasteiger partial charge in [0.1, 0.15) is 0 Å². The van der Waals surface area contributed by atoms with Gasteiger partial charge in [-0.3, -0.25) is 29.8 Å². The number of nitro benzene ring substituents is 2. The lowest BCUT2D eigenvalue weighted by Crippen LogP contribution is -2.40. The van der Waals surface area contributed by atoms with E-state index in [1.807, 2.05) is 0 Å². The highest BCUT2D eigenvalue weighted by molar-refractivity contribution is 5.82. The van der Waals surface area contributed by atoms with E-state index in [2.05, 4.69) is 20.8 Å². The van der Waals surface area contributed by atoms with E-state index in [9.17, 15) is 29.8 Å². The summed E-state index contributed by atoms with van der Waals surface area (Å²) in [5, 5.41) is 22.0. The molecule has 1 heterocycles. The van der Waals surface area contributed by atoms with E-state index in [-0.39, 0.29) is 28.3 Å². The number of nitrogens with zero attached hydrogens (tertiary/aromatic N) is 3. The van der Waals surface area contributed by atoms with Crippen molar-refractivity contribution in [1.29, 1.82) is 0 Å². The molecule has 0 N–H and O–H groups in total. The highest BCUT2D eigenvalue weighted by atomic mass is 16.6. The maximum Gasteiger partial charge on any atom is 0.311 e. The second kappa shape index (κ2) is 7.66. The molecule has 0 radical (unpaired) electrons. The van der Waals surface area contributed by atoms with Crippen LogP contribution in [0.2, 0.25) is 0 Å². The summed E-state index contributed by atoms with van der Waals surface area (Å²) in [6.07, 6.45) is 2.42. The molecule has 2 unspecified atom stereocenters. The van der Waals surface area contributed by atoms with Gasteiger partial charge in [0.25, 0.3) is 17.3 Å². The van der Waals surface area contributed by atoms with Crippen molar-refractivity contribution < 1.29 is 24.2 Å². The zero-order valence-electron chi connectivity index (χ0n) is 17.3. The van der Waals surface area contributed by atoms with Crippen molar-refractivity contribution in [2.75, 3.05) is 13.2 Å². The summed E-state index contributed by atoms with van der Waals surface area (Å²) >= 11 is 0. The smallest absolute Gasteiger partial charge is 0.311 e. The van der Waals surface area contributed by atoms with Crippen LogP contribution in [-0.4, -0.2) is 45.8 Å². The van der Waals surface area contributed by atoms with Crippen molar-refractivity contribution in [1.82, 2.24) is 4.90 Å². The first-order chi connectivity index (χ1) is 13.9. The number of carbonyl (C=O) groups excluding carboxylic acids is 2. The first-order valence-corrected chi connectivity index (χ1v) is 9.76. The van der Waals surface area contributed by atoms with Gasteiger partial charge in [0.05, 0.1) is 22.3 Å². The summed E-state index contributed by atoms with van der Waals surface area (Å²) in [7, 11) is 0. The van der Waals surface area contributed by atoms with Gasteiger partial charge >= 0.3 is 5.97 Å². The third kappa shape index (κ3) is 4.58. The Labute approximate surface area is 173 Å². The van der Waals surface area contributed by atoms with Crippen molar-refractivity contribution in [2.45, 2.75) is 52.5 Å². The molecule has 1 aromatic carbocycles. The van der Waals surface area contributed by atoms with Gasteiger partial charge in [0.2, 0.25) is 0 Å². The third-order valence-electron chi connectivity index (χ3n) is 5.90.